The minimum absolute atomic E-state index is 0.140. The van der Waals surface area contributed by atoms with Crippen LogP contribution in [0.2, 0.25) is 0 Å². The van der Waals surface area contributed by atoms with E-state index in [0.29, 0.717) is 35.0 Å². The quantitative estimate of drug-likeness (QED) is 0.519. The monoisotopic (exact) mass is 414 g/mol. The third kappa shape index (κ3) is 3.39. The molecule has 0 aliphatic heterocycles. The van der Waals surface area contributed by atoms with Crippen LogP contribution in [-0.4, -0.2) is 24.5 Å². The van der Waals surface area contributed by atoms with Gasteiger partial charge in [0.05, 0.1) is 18.5 Å². The first-order valence-corrected chi connectivity index (χ1v) is 10.1. The number of aromatic nitrogens is 4. The lowest BCUT2D eigenvalue weighted by Gasteiger charge is -2.13. The average Bonchev–Trinajstić information content (AvgIpc) is 3.45. The van der Waals surface area contributed by atoms with Crippen LogP contribution >= 0.6 is 0 Å². The molecule has 0 unspecified atom stereocenters. The SMILES string of the molecule is N#Cc1cn2c(NCc3c(F)ccc4c3CCC4)ncc(-c3ccc(CO)nc3)c2n1. The Kier molecular flexibility index (Phi) is 4.81. The van der Waals surface area contributed by atoms with E-state index < -0.39 is 0 Å². The Balaban J connectivity index is 1.53. The van der Waals surface area contributed by atoms with Crippen molar-refractivity contribution in [3.8, 4) is 17.2 Å². The van der Waals surface area contributed by atoms with Gasteiger partial charge in [0.25, 0.3) is 0 Å². The predicted molar refractivity (Wildman–Crippen MR) is 113 cm³/mol. The number of benzene rings is 1. The fourth-order valence-corrected chi connectivity index (χ4v) is 4.12. The molecule has 154 valence electrons. The highest BCUT2D eigenvalue weighted by molar-refractivity contribution is 5.78. The molecule has 0 radical (unpaired) electrons. The lowest BCUT2D eigenvalue weighted by atomic mass is 10.0. The van der Waals surface area contributed by atoms with Crippen LogP contribution in [0.15, 0.2) is 42.9 Å². The minimum Gasteiger partial charge on any atom is -0.390 e. The number of nitrogens with one attached hydrogen (secondary N) is 1. The Morgan fingerprint density at radius 1 is 1.16 bits per heavy atom. The Hall–Kier alpha value is -3.83. The smallest absolute Gasteiger partial charge is 0.208 e. The molecule has 1 aliphatic rings. The van der Waals surface area contributed by atoms with Crippen molar-refractivity contribution in [3.05, 3.63) is 76.8 Å². The molecular formula is C23H19FN6O. The number of pyridine rings is 1. The third-order valence-electron chi connectivity index (χ3n) is 5.67. The summed E-state index contributed by atoms with van der Waals surface area (Å²) in [7, 11) is 0. The zero-order valence-corrected chi connectivity index (χ0v) is 16.6. The van der Waals surface area contributed by atoms with E-state index >= 15 is 0 Å². The number of nitrogens with zero attached hydrogens (tertiary/aromatic N) is 5. The van der Waals surface area contributed by atoms with E-state index in [2.05, 4.69) is 26.3 Å². The van der Waals surface area contributed by atoms with E-state index in [1.165, 1.54) is 11.6 Å². The molecule has 7 nitrogen and oxygen atoms in total. The number of halogens is 1. The van der Waals surface area contributed by atoms with E-state index in [1.807, 2.05) is 12.1 Å². The molecule has 0 spiro atoms. The minimum atomic E-state index is -0.223. The molecule has 0 fully saturated rings. The van der Waals surface area contributed by atoms with Gasteiger partial charge in [-0.3, -0.25) is 9.38 Å². The fraction of sp³-hybridized carbons (Fsp3) is 0.217. The van der Waals surface area contributed by atoms with Crippen molar-refractivity contribution in [1.29, 1.82) is 5.26 Å². The van der Waals surface area contributed by atoms with Crippen molar-refractivity contribution in [2.24, 2.45) is 0 Å². The Morgan fingerprint density at radius 2 is 2.06 bits per heavy atom. The van der Waals surface area contributed by atoms with Crippen molar-refractivity contribution in [2.45, 2.75) is 32.4 Å². The third-order valence-corrected chi connectivity index (χ3v) is 5.67. The second kappa shape index (κ2) is 7.78. The highest BCUT2D eigenvalue weighted by Gasteiger charge is 2.19. The highest BCUT2D eigenvalue weighted by atomic mass is 19.1. The molecule has 3 heterocycles. The molecule has 1 aliphatic carbocycles. The molecule has 3 aromatic heterocycles. The average molecular weight is 414 g/mol. The van der Waals surface area contributed by atoms with Gasteiger partial charge in [0, 0.05) is 35.6 Å². The molecule has 0 amide bonds. The summed E-state index contributed by atoms with van der Waals surface area (Å²) in [6, 6.07) is 9.02. The maximum Gasteiger partial charge on any atom is 0.208 e. The van der Waals surface area contributed by atoms with Gasteiger partial charge in [-0.05, 0) is 42.5 Å². The van der Waals surface area contributed by atoms with Gasteiger partial charge in [-0.25, -0.2) is 14.4 Å². The predicted octanol–water partition coefficient (Wildman–Crippen LogP) is 3.40. The van der Waals surface area contributed by atoms with Crippen LogP contribution in [0.25, 0.3) is 16.8 Å². The highest BCUT2D eigenvalue weighted by Crippen LogP contribution is 2.29. The second-order valence-corrected chi connectivity index (χ2v) is 7.49. The normalized spacial score (nSPS) is 12.7. The summed E-state index contributed by atoms with van der Waals surface area (Å²) in [5, 5.41) is 21.8. The van der Waals surface area contributed by atoms with Crippen LogP contribution in [-0.2, 0) is 26.0 Å². The number of imidazole rings is 1. The van der Waals surface area contributed by atoms with Gasteiger partial charge in [-0.2, -0.15) is 5.26 Å². The van der Waals surface area contributed by atoms with Gasteiger partial charge < -0.3 is 10.4 Å². The van der Waals surface area contributed by atoms with Crippen LogP contribution in [0.1, 0.15) is 34.5 Å². The summed E-state index contributed by atoms with van der Waals surface area (Å²) in [6.07, 6.45) is 7.81. The first-order valence-electron chi connectivity index (χ1n) is 10.1. The first-order chi connectivity index (χ1) is 15.2. The number of hydrogen-bond acceptors (Lipinski definition) is 6. The number of hydrogen-bond donors (Lipinski definition) is 2. The summed E-state index contributed by atoms with van der Waals surface area (Å²) in [6.45, 7) is 0.155. The molecule has 1 aromatic carbocycles. The lowest BCUT2D eigenvalue weighted by molar-refractivity contribution is 0.277. The van der Waals surface area contributed by atoms with E-state index in [0.717, 1.165) is 30.4 Å². The standard InChI is InChI=1S/C23H19FN6O/c24-21-7-5-14-2-1-3-18(14)20(21)11-28-23-27-10-19(15-4-6-16(13-31)26-9-15)22-29-17(8-25)12-30(22)23/h4-7,9-10,12,31H,1-3,11,13H2,(H,27,28). The van der Waals surface area contributed by atoms with E-state index in [1.54, 1.807) is 29.1 Å². The van der Waals surface area contributed by atoms with Crippen molar-refractivity contribution < 1.29 is 9.50 Å². The number of aryl methyl sites for hydroxylation is 1. The van der Waals surface area contributed by atoms with Gasteiger partial charge >= 0.3 is 0 Å². The van der Waals surface area contributed by atoms with Gasteiger partial charge in [-0.15, -0.1) is 0 Å². The van der Waals surface area contributed by atoms with E-state index in [4.69, 9.17) is 0 Å². The van der Waals surface area contributed by atoms with Crippen molar-refractivity contribution in [2.75, 3.05) is 5.32 Å². The lowest BCUT2D eigenvalue weighted by Crippen LogP contribution is -2.10. The molecule has 5 rings (SSSR count). The number of fused-ring (bicyclic) bond motifs is 2. The van der Waals surface area contributed by atoms with Gasteiger partial charge in [0.1, 0.15) is 11.9 Å². The van der Waals surface area contributed by atoms with Crippen molar-refractivity contribution >= 4 is 11.6 Å². The number of anilines is 1. The molecule has 8 heteroatoms. The summed E-state index contributed by atoms with van der Waals surface area (Å²) < 4.78 is 16.2. The number of rotatable bonds is 5. The van der Waals surface area contributed by atoms with Gasteiger partial charge in [-0.1, -0.05) is 12.1 Å². The summed E-state index contributed by atoms with van der Waals surface area (Å²) in [4.78, 5) is 13.1. The molecule has 0 bridgehead atoms. The first kappa shape index (κ1) is 19.2. The Bertz CT molecular complexity index is 1320. The molecule has 2 N–H and O–H groups in total. The number of aliphatic hydroxyl groups is 1. The largest absolute Gasteiger partial charge is 0.390 e. The second-order valence-electron chi connectivity index (χ2n) is 7.49. The van der Waals surface area contributed by atoms with Crippen LogP contribution < -0.4 is 5.32 Å². The molecule has 0 saturated heterocycles. The van der Waals surface area contributed by atoms with Crippen molar-refractivity contribution in [1.82, 2.24) is 19.4 Å². The van der Waals surface area contributed by atoms with Crippen LogP contribution in [0.3, 0.4) is 0 Å². The topological polar surface area (TPSA) is 99.1 Å². The van der Waals surface area contributed by atoms with E-state index in [-0.39, 0.29) is 18.1 Å². The maximum absolute atomic E-state index is 14.5. The van der Waals surface area contributed by atoms with Crippen LogP contribution in [0.5, 0.6) is 0 Å². The van der Waals surface area contributed by atoms with Gasteiger partial charge in [0.15, 0.2) is 11.3 Å². The van der Waals surface area contributed by atoms with Crippen molar-refractivity contribution in [3.63, 3.8) is 0 Å². The molecule has 31 heavy (non-hydrogen) atoms. The zero-order chi connectivity index (χ0) is 21.4. The molecule has 0 atom stereocenters. The number of aliphatic hydroxyl groups excluding tert-OH is 1. The fourth-order valence-electron chi connectivity index (χ4n) is 4.12. The molecule has 4 aromatic rings. The maximum atomic E-state index is 14.5. The van der Waals surface area contributed by atoms with Crippen LogP contribution in [0, 0.1) is 17.1 Å². The zero-order valence-electron chi connectivity index (χ0n) is 16.6. The van der Waals surface area contributed by atoms with Crippen LogP contribution in [0.4, 0.5) is 10.3 Å². The summed E-state index contributed by atoms with van der Waals surface area (Å²) in [5.74, 6) is 0.252. The van der Waals surface area contributed by atoms with E-state index in [9.17, 15) is 14.8 Å². The molecular weight excluding hydrogens is 395 g/mol. The van der Waals surface area contributed by atoms with Gasteiger partial charge in [0.2, 0.25) is 5.95 Å². The summed E-state index contributed by atoms with van der Waals surface area (Å²) >= 11 is 0. The number of nitriles is 1. The Morgan fingerprint density at radius 3 is 2.84 bits per heavy atom. The Labute approximate surface area is 177 Å². The summed E-state index contributed by atoms with van der Waals surface area (Å²) in [5.41, 5.74) is 5.79. The molecule has 0 saturated carbocycles.